The molecule has 2 aromatic rings. The van der Waals surface area contributed by atoms with Gasteiger partial charge in [-0.05, 0) is 23.1 Å². The molecule has 0 saturated heterocycles. The van der Waals surface area contributed by atoms with E-state index >= 15 is 0 Å². The van der Waals surface area contributed by atoms with Crippen LogP contribution in [0.25, 0.3) is 10.7 Å². The number of rotatable bonds is 5. The quantitative estimate of drug-likeness (QED) is 0.323. The Morgan fingerprint density at radius 3 is 2.42 bits per heavy atom. The van der Waals surface area contributed by atoms with Gasteiger partial charge in [0.15, 0.2) is 5.78 Å². The molecule has 3 rings (SSSR count). The monoisotopic (exact) mass is 383 g/mol. The van der Waals surface area contributed by atoms with Crippen LogP contribution in [0.15, 0.2) is 76.4 Å². The molecule has 0 aromatic heterocycles. The molecule has 0 aliphatic carbocycles. The molecule has 0 fully saturated rings. The number of nitro benzene ring substituents is 1. The third-order valence-corrected chi connectivity index (χ3v) is 5.75. The van der Waals surface area contributed by atoms with Gasteiger partial charge in [0, 0.05) is 34.8 Å². The van der Waals surface area contributed by atoms with Gasteiger partial charge in [0.2, 0.25) is 0 Å². The summed E-state index contributed by atoms with van der Waals surface area (Å²) in [6, 6.07) is 15.2. The molecule has 0 radical (unpaired) electrons. The number of nitrogens with zero attached hydrogens (tertiary/aromatic N) is 1. The maximum atomic E-state index is 12.1. The molecule has 0 saturated carbocycles. The summed E-state index contributed by atoms with van der Waals surface area (Å²) in [5.41, 5.74) is 1.36. The molecule has 0 amide bonds. The molecule has 26 heavy (non-hydrogen) atoms. The fraction of sp³-hybridized carbons (Fsp3) is 0. The van der Waals surface area contributed by atoms with Crippen LogP contribution in [0.5, 0.6) is 0 Å². The van der Waals surface area contributed by atoms with E-state index in [1.54, 1.807) is 0 Å². The molecule has 0 bridgehead atoms. The Kier molecular flexibility index (Phi) is 5.60. The fourth-order valence-corrected chi connectivity index (χ4v) is 4.32. The zero-order valence-electron chi connectivity index (χ0n) is 13.4. The smallest absolute Gasteiger partial charge is 0.269 e. The van der Waals surface area contributed by atoms with Gasteiger partial charge in [-0.15, -0.1) is 0 Å². The maximum Gasteiger partial charge on any atom is 0.269 e. The first-order valence-electron chi connectivity index (χ1n) is 7.54. The topological polar surface area (TPSA) is 80.4 Å². The minimum Gasteiger partial charge on any atom is -0.507 e. The Bertz CT molecular complexity index is 932. The number of hydrogen-bond donors (Lipinski definition) is 1. The van der Waals surface area contributed by atoms with Crippen LogP contribution in [0.2, 0.25) is 0 Å². The summed E-state index contributed by atoms with van der Waals surface area (Å²) in [4.78, 5) is 23.3. The van der Waals surface area contributed by atoms with E-state index in [0.717, 1.165) is 20.8 Å². The van der Waals surface area contributed by atoms with Crippen LogP contribution in [0.3, 0.4) is 0 Å². The average Bonchev–Trinajstić information content (AvgIpc) is 3.10. The summed E-state index contributed by atoms with van der Waals surface area (Å²) in [7, 11) is 0. The number of benzene rings is 2. The lowest BCUT2D eigenvalue weighted by Gasteiger charge is -2.01. The van der Waals surface area contributed by atoms with Crippen molar-refractivity contribution in [2.45, 2.75) is 0 Å². The largest absolute Gasteiger partial charge is 0.507 e. The fourth-order valence-electron chi connectivity index (χ4n) is 2.19. The Labute approximate surface area is 158 Å². The van der Waals surface area contributed by atoms with E-state index in [1.807, 2.05) is 35.7 Å². The Balaban J connectivity index is 1.67. The van der Waals surface area contributed by atoms with Crippen LogP contribution in [-0.4, -0.2) is 15.8 Å². The number of aliphatic hydroxyl groups is 1. The highest BCUT2D eigenvalue weighted by molar-refractivity contribution is 8.31. The summed E-state index contributed by atoms with van der Waals surface area (Å²) in [6.07, 6.45) is 2.57. The summed E-state index contributed by atoms with van der Waals surface area (Å²) >= 11 is 2.96. The number of nitro groups is 1. The van der Waals surface area contributed by atoms with Crippen molar-refractivity contribution in [1.82, 2.24) is 0 Å². The summed E-state index contributed by atoms with van der Waals surface area (Å²) in [6.45, 7) is 0. The van der Waals surface area contributed by atoms with E-state index in [1.165, 1.54) is 53.9 Å². The molecule has 0 unspecified atom stereocenters. The van der Waals surface area contributed by atoms with Crippen molar-refractivity contribution in [2.75, 3.05) is 0 Å². The zero-order valence-corrected chi connectivity index (χ0v) is 15.0. The van der Waals surface area contributed by atoms with E-state index in [4.69, 9.17) is 0 Å². The van der Waals surface area contributed by atoms with Crippen LogP contribution in [0.4, 0.5) is 5.69 Å². The molecule has 5 nitrogen and oxygen atoms in total. The second-order valence-corrected chi connectivity index (χ2v) is 7.52. The van der Waals surface area contributed by atoms with Gasteiger partial charge in [0.05, 0.1) is 9.16 Å². The first kappa shape index (κ1) is 18.0. The number of non-ortho nitro benzene ring substituents is 1. The first-order valence-corrected chi connectivity index (χ1v) is 9.24. The predicted molar refractivity (Wildman–Crippen MR) is 106 cm³/mol. The van der Waals surface area contributed by atoms with Crippen molar-refractivity contribution < 1.29 is 14.8 Å². The summed E-state index contributed by atoms with van der Waals surface area (Å²) < 4.78 is 0.821. The summed E-state index contributed by atoms with van der Waals surface area (Å²) in [5.74, 6) is -0.579. The molecule has 1 aliphatic rings. The molecule has 1 heterocycles. The number of hydrogen-bond acceptors (Lipinski definition) is 6. The van der Waals surface area contributed by atoms with E-state index in [2.05, 4.69) is 0 Å². The number of carbonyl (C=O) groups is 1. The highest BCUT2D eigenvalue weighted by Crippen LogP contribution is 2.48. The Hall–Kier alpha value is -2.77. The number of allylic oxidation sites excluding steroid dienone is 2. The molecule has 130 valence electrons. The minimum absolute atomic E-state index is 0.0757. The minimum atomic E-state index is -0.522. The van der Waals surface area contributed by atoms with Gasteiger partial charge in [-0.3, -0.25) is 14.9 Å². The van der Waals surface area contributed by atoms with E-state index < -0.39 is 4.92 Å². The van der Waals surface area contributed by atoms with Crippen LogP contribution in [0, 0.1) is 10.1 Å². The van der Waals surface area contributed by atoms with Crippen LogP contribution in [0.1, 0.15) is 11.1 Å². The van der Waals surface area contributed by atoms with Crippen LogP contribution < -0.4 is 0 Å². The molecule has 2 aromatic carbocycles. The lowest BCUT2D eigenvalue weighted by molar-refractivity contribution is -0.384. The van der Waals surface area contributed by atoms with Gasteiger partial charge in [-0.1, -0.05) is 53.9 Å². The SMILES string of the molecule is O=C(/C=C(\O)c1ccc([N+](=O)[O-])cc1)/C=C1\SC=C(c2ccccc2)S1. The number of ketones is 1. The van der Waals surface area contributed by atoms with E-state index in [9.17, 15) is 20.0 Å². The Morgan fingerprint density at radius 1 is 1.08 bits per heavy atom. The number of aliphatic hydroxyl groups excluding tert-OH is 1. The van der Waals surface area contributed by atoms with Gasteiger partial charge >= 0.3 is 0 Å². The number of thioether (sulfide) groups is 2. The van der Waals surface area contributed by atoms with Crippen molar-refractivity contribution in [1.29, 1.82) is 0 Å². The van der Waals surface area contributed by atoms with Crippen molar-refractivity contribution in [2.24, 2.45) is 0 Å². The van der Waals surface area contributed by atoms with Crippen LogP contribution >= 0.6 is 23.5 Å². The second-order valence-electron chi connectivity index (χ2n) is 5.27. The molecule has 0 atom stereocenters. The second kappa shape index (κ2) is 8.07. The van der Waals surface area contributed by atoms with Gasteiger partial charge in [-0.25, -0.2) is 0 Å². The van der Waals surface area contributed by atoms with Gasteiger partial charge in [-0.2, -0.15) is 0 Å². The van der Waals surface area contributed by atoms with Crippen molar-refractivity contribution in [3.05, 3.63) is 97.6 Å². The van der Waals surface area contributed by atoms with Crippen molar-refractivity contribution in [3.8, 4) is 0 Å². The molecule has 1 N–H and O–H groups in total. The van der Waals surface area contributed by atoms with E-state index in [0.29, 0.717) is 5.56 Å². The Morgan fingerprint density at radius 2 is 1.77 bits per heavy atom. The van der Waals surface area contributed by atoms with Crippen molar-refractivity contribution >= 4 is 45.7 Å². The van der Waals surface area contributed by atoms with Crippen molar-refractivity contribution in [3.63, 3.8) is 0 Å². The third kappa shape index (κ3) is 4.44. The van der Waals surface area contributed by atoms with E-state index in [-0.39, 0.29) is 17.2 Å². The average molecular weight is 383 g/mol. The molecule has 1 aliphatic heterocycles. The summed E-state index contributed by atoms with van der Waals surface area (Å²) in [5, 5.41) is 22.7. The third-order valence-electron chi connectivity index (χ3n) is 3.46. The number of carbonyl (C=O) groups excluding carboxylic acids is 1. The van der Waals surface area contributed by atoms with Gasteiger partial charge in [0.1, 0.15) is 5.76 Å². The highest BCUT2D eigenvalue weighted by Gasteiger charge is 2.15. The molecule has 0 spiro atoms. The normalized spacial score (nSPS) is 15.8. The molecule has 7 heteroatoms. The first-order chi connectivity index (χ1) is 12.5. The zero-order chi connectivity index (χ0) is 18.5. The highest BCUT2D eigenvalue weighted by atomic mass is 32.2. The van der Waals surface area contributed by atoms with Gasteiger partial charge in [0.25, 0.3) is 5.69 Å². The maximum absolute atomic E-state index is 12.1. The lowest BCUT2D eigenvalue weighted by Crippen LogP contribution is -1.92. The van der Waals surface area contributed by atoms with Gasteiger partial charge < -0.3 is 5.11 Å². The lowest BCUT2D eigenvalue weighted by atomic mass is 10.1. The van der Waals surface area contributed by atoms with Crippen LogP contribution in [-0.2, 0) is 4.79 Å². The molecular weight excluding hydrogens is 370 g/mol. The molecular formula is C19H13NO4S2. The standard InChI is InChI=1S/C19H13NO4S2/c21-16(10-17(22)13-6-8-15(9-7-13)20(23)24)11-19-25-12-18(26-19)14-4-2-1-3-5-14/h1-12,22H/b17-10-,19-11+. The predicted octanol–water partition coefficient (Wildman–Crippen LogP) is 5.38.